The number of hydrogen-bond donors (Lipinski definition) is 1. The van der Waals surface area contributed by atoms with E-state index in [-0.39, 0.29) is 12.3 Å². The summed E-state index contributed by atoms with van der Waals surface area (Å²) in [6, 6.07) is 18.5. The molecule has 4 nitrogen and oxygen atoms in total. The van der Waals surface area contributed by atoms with E-state index in [1.54, 1.807) is 36.4 Å². The highest BCUT2D eigenvalue weighted by atomic mass is 35.5. The molecule has 1 amide bonds. The lowest BCUT2D eigenvalue weighted by atomic mass is 10.1. The van der Waals surface area contributed by atoms with Crippen molar-refractivity contribution in [2.45, 2.75) is 18.4 Å². The third kappa shape index (κ3) is 5.51. The molecule has 0 radical (unpaired) electrons. The highest BCUT2D eigenvalue weighted by molar-refractivity contribution is 7.99. The summed E-state index contributed by atoms with van der Waals surface area (Å²) < 4.78 is 0. The molecular weight excluding hydrogens is 425 g/mol. The Labute approximate surface area is 183 Å². The molecule has 0 fully saturated rings. The fourth-order valence-corrected chi connectivity index (χ4v) is 3.83. The molecule has 0 unspecified atom stereocenters. The molecule has 3 aromatic rings. The standard InChI is InChI=1S/C22H17Cl2N3OS/c1-14-18(24)3-2-4-19(14)26-21(28)11-12-29-22-16(13-25)7-10-20(27-22)15-5-8-17(23)9-6-15/h2-10H,11-12H2,1H3,(H,26,28). The lowest BCUT2D eigenvalue weighted by molar-refractivity contribution is -0.115. The maximum atomic E-state index is 12.3. The zero-order valence-electron chi connectivity index (χ0n) is 15.6. The van der Waals surface area contributed by atoms with Crippen LogP contribution in [0.15, 0.2) is 59.6 Å². The third-order valence-electron chi connectivity index (χ3n) is 4.23. The highest BCUT2D eigenvalue weighted by Crippen LogP contribution is 2.27. The van der Waals surface area contributed by atoms with E-state index in [0.717, 1.165) is 16.8 Å². The van der Waals surface area contributed by atoms with E-state index < -0.39 is 0 Å². The van der Waals surface area contributed by atoms with Crippen LogP contribution in [0.1, 0.15) is 17.5 Å². The van der Waals surface area contributed by atoms with Crippen molar-refractivity contribution in [3.05, 3.63) is 75.8 Å². The highest BCUT2D eigenvalue weighted by Gasteiger charge is 2.11. The first-order chi connectivity index (χ1) is 14.0. The van der Waals surface area contributed by atoms with Crippen molar-refractivity contribution in [1.82, 2.24) is 4.98 Å². The predicted molar refractivity (Wildman–Crippen MR) is 120 cm³/mol. The number of halogens is 2. The van der Waals surface area contributed by atoms with E-state index in [1.165, 1.54) is 11.8 Å². The topological polar surface area (TPSA) is 65.8 Å². The molecule has 7 heteroatoms. The first-order valence-electron chi connectivity index (χ1n) is 8.83. The van der Waals surface area contributed by atoms with Gasteiger partial charge in [-0.2, -0.15) is 5.26 Å². The number of hydrogen-bond acceptors (Lipinski definition) is 4. The van der Waals surface area contributed by atoms with E-state index >= 15 is 0 Å². The largest absolute Gasteiger partial charge is 0.326 e. The first-order valence-corrected chi connectivity index (χ1v) is 10.6. The number of carbonyl (C=O) groups excluding carboxylic acids is 1. The minimum atomic E-state index is -0.116. The Bertz CT molecular complexity index is 1080. The van der Waals surface area contributed by atoms with Crippen LogP contribution in [0.5, 0.6) is 0 Å². The fourth-order valence-electron chi connectivity index (χ4n) is 2.61. The SMILES string of the molecule is Cc1c(Cl)cccc1NC(=O)CCSc1nc(-c2ccc(Cl)cc2)ccc1C#N. The number of benzene rings is 2. The Morgan fingerprint density at radius 2 is 1.90 bits per heavy atom. The van der Waals surface area contributed by atoms with Gasteiger partial charge in [0.25, 0.3) is 0 Å². The molecule has 1 heterocycles. The van der Waals surface area contributed by atoms with Gasteiger partial charge in [-0.05, 0) is 48.9 Å². The van der Waals surface area contributed by atoms with Crippen molar-refractivity contribution in [3.8, 4) is 17.3 Å². The Hall–Kier alpha value is -2.52. The number of carbonyl (C=O) groups is 1. The van der Waals surface area contributed by atoms with Crippen LogP contribution in [0, 0.1) is 18.3 Å². The van der Waals surface area contributed by atoms with Crippen molar-refractivity contribution < 1.29 is 4.79 Å². The quantitative estimate of drug-likeness (QED) is 0.452. The van der Waals surface area contributed by atoms with Crippen molar-refractivity contribution in [2.24, 2.45) is 0 Å². The van der Waals surface area contributed by atoms with Gasteiger partial charge < -0.3 is 5.32 Å². The summed E-state index contributed by atoms with van der Waals surface area (Å²) in [6.45, 7) is 1.86. The van der Waals surface area contributed by atoms with E-state index in [1.807, 2.05) is 25.1 Å². The molecular formula is C22H17Cl2N3OS. The van der Waals surface area contributed by atoms with Crippen LogP contribution in [0.3, 0.4) is 0 Å². The summed E-state index contributed by atoms with van der Waals surface area (Å²) in [4.78, 5) is 16.9. The maximum absolute atomic E-state index is 12.3. The molecule has 0 saturated heterocycles. The van der Waals surface area contributed by atoms with Gasteiger partial charge in [-0.3, -0.25) is 4.79 Å². The number of thioether (sulfide) groups is 1. The fraction of sp³-hybridized carbons (Fsp3) is 0.136. The summed E-state index contributed by atoms with van der Waals surface area (Å²) in [5.74, 6) is 0.382. The number of aromatic nitrogens is 1. The van der Waals surface area contributed by atoms with Crippen molar-refractivity contribution in [3.63, 3.8) is 0 Å². The normalized spacial score (nSPS) is 10.4. The summed E-state index contributed by atoms with van der Waals surface area (Å²) in [5, 5.41) is 14.1. The number of amides is 1. The van der Waals surface area contributed by atoms with Crippen LogP contribution in [0.2, 0.25) is 10.0 Å². The van der Waals surface area contributed by atoms with Crippen LogP contribution in [-0.4, -0.2) is 16.6 Å². The Balaban J connectivity index is 1.66. The minimum Gasteiger partial charge on any atom is -0.326 e. The molecule has 146 valence electrons. The molecule has 29 heavy (non-hydrogen) atoms. The van der Waals surface area contributed by atoms with Gasteiger partial charge in [0.2, 0.25) is 5.91 Å². The zero-order chi connectivity index (χ0) is 20.8. The van der Waals surface area contributed by atoms with Gasteiger partial charge in [-0.15, -0.1) is 11.8 Å². The lowest BCUT2D eigenvalue weighted by Gasteiger charge is -2.10. The molecule has 3 rings (SSSR count). The minimum absolute atomic E-state index is 0.116. The smallest absolute Gasteiger partial charge is 0.225 e. The summed E-state index contributed by atoms with van der Waals surface area (Å²) in [5.41, 5.74) is 3.68. The third-order valence-corrected chi connectivity index (χ3v) is 5.88. The van der Waals surface area contributed by atoms with Crippen molar-refractivity contribution in [1.29, 1.82) is 5.26 Å². The second-order valence-electron chi connectivity index (χ2n) is 6.23. The average molecular weight is 442 g/mol. The number of pyridine rings is 1. The van der Waals surface area contributed by atoms with Crippen molar-refractivity contribution >= 4 is 46.6 Å². The molecule has 0 saturated carbocycles. The van der Waals surface area contributed by atoms with Gasteiger partial charge in [-0.25, -0.2) is 4.98 Å². The van der Waals surface area contributed by atoms with E-state index in [9.17, 15) is 10.1 Å². The maximum Gasteiger partial charge on any atom is 0.225 e. The van der Waals surface area contributed by atoms with E-state index in [4.69, 9.17) is 23.2 Å². The molecule has 1 aromatic heterocycles. The van der Waals surface area contributed by atoms with Gasteiger partial charge in [0, 0.05) is 33.5 Å². The van der Waals surface area contributed by atoms with Crippen LogP contribution in [0.25, 0.3) is 11.3 Å². The molecule has 2 aromatic carbocycles. The number of anilines is 1. The van der Waals surface area contributed by atoms with Gasteiger partial charge in [0.05, 0.1) is 11.3 Å². The molecule has 0 bridgehead atoms. The van der Waals surface area contributed by atoms with Gasteiger partial charge in [0.1, 0.15) is 11.1 Å². The molecule has 0 spiro atoms. The van der Waals surface area contributed by atoms with E-state index in [2.05, 4.69) is 16.4 Å². The predicted octanol–water partition coefficient (Wildman–Crippen LogP) is 6.36. The summed E-state index contributed by atoms with van der Waals surface area (Å²) >= 11 is 13.4. The first kappa shape index (κ1) is 21.2. The van der Waals surface area contributed by atoms with Crippen LogP contribution >= 0.6 is 35.0 Å². The van der Waals surface area contributed by atoms with Crippen LogP contribution in [0.4, 0.5) is 5.69 Å². The average Bonchev–Trinajstić information content (AvgIpc) is 2.72. The van der Waals surface area contributed by atoms with Crippen LogP contribution in [-0.2, 0) is 4.79 Å². The number of nitriles is 1. The molecule has 0 aliphatic heterocycles. The second-order valence-corrected chi connectivity index (χ2v) is 8.15. The second kappa shape index (κ2) is 9.80. The summed E-state index contributed by atoms with van der Waals surface area (Å²) in [6.07, 6.45) is 0.286. The Morgan fingerprint density at radius 1 is 1.14 bits per heavy atom. The molecule has 0 aliphatic carbocycles. The molecule has 0 aliphatic rings. The zero-order valence-corrected chi connectivity index (χ0v) is 17.9. The number of rotatable bonds is 6. The molecule has 0 atom stereocenters. The number of nitrogens with one attached hydrogen (secondary N) is 1. The molecule has 1 N–H and O–H groups in total. The van der Waals surface area contributed by atoms with Gasteiger partial charge in [0.15, 0.2) is 0 Å². The monoisotopic (exact) mass is 441 g/mol. The van der Waals surface area contributed by atoms with Gasteiger partial charge in [-0.1, -0.05) is 41.4 Å². The Morgan fingerprint density at radius 3 is 2.62 bits per heavy atom. The van der Waals surface area contributed by atoms with E-state index in [0.29, 0.717) is 32.1 Å². The lowest BCUT2D eigenvalue weighted by Crippen LogP contribution is -2.13. The van der Waals surface area contributed by atoms with Crippen LogP contribution < -0.4 is 5.32 Å². The Kier molecular flexibility index (Phi) is 7.16. The van der Waals surface area contributed by atoms with Crippen molar-refractivity contribution in [2.75, 3.05) is 11.1 Å². The number of nitrogens with zero attached hydrogens (tertiary/aromatic N) is 2. The van der Waals surface area contributed by atoms with Gasteiger partial charge >= 0.3 is 0 Å². The summed E-state index contributed by atoms with van der Waals surface area (Å²) in [7, 11) is 0.